The first-order chi connectivity index (χ1) is 14.8. The highest BCUT2D eigenvalue weighted by molar-refractivity contribution is 7.92. The van der Waals surface area contributed by atoms with Crippen LogP contribution >= 0.6 is 0 Å². The highest BCUT2D eigenvalue weighted by Gasteiger charge is 2.40. The number of nitrogens with one attached hydrogen (secondary N) is 1. The van der Waals surface area contributed by atoms with E-state index in [1.54, 1.807) is 12.1 Å². The highest BCUT2D eigenvalue weighted by Crippen LogP contribution is 2.37. The summed E-state index contributed by atoms with van der Waals surface area (Å²) >= 11 is 0. The molecule has 1 N–H and O–H groups in total. The lowest BCUT2D eigenvalue weighted by Crippen LogP contribution is -2.32. The minimum Gasteiger partial charge on any atom is -0.301 e. The summed E-state index contributed by atoms with van der Waals surface area (Å²) in [5.74, 6) is -2.11. The van der Waals surface area contributed by atoms with E-state index in [-0.39, 0.29) is 17.7 Å². The molecule has 4 aromatic rings. The Bertz CT molecular complexity index is 1320. The zero-order chi connectivity index (χ0) is 21.6. The summed E-state index contributed by atoms with van der Waals surface area (Å²) < 4.78 is 54.6. The van der Waals surface area contributed by atoms with Crippen LogP contribution in [-0.2, 0) is 9.84 Å². The van der Waals surface area contributed by atoms with E-state index in [9.17, 15) is 17.2 Å². The standard InChI is InChI=1S/C21H19F2N5O2S/c22-21(23)8-5-17(6-9-21)31(29,30)18-11-15-7-10-28(20(15)24-12-18)16-3-1-14(2-4-16)19-25-13-26-27-19/h1-4,7,10-13,17H,5-6,8-9H2,(H,25,26,27). The minimum atomic E-state index is -3.71. The van der Waals surface area contributed by atoms with Crippen molar-refractivity contribution < 1.29 is 17.2 Å². The second-order valence-electron chi connectivity index (χ2n) is 7.75. The monoisotopic (exact) mass is 443 g/mol. The lowest BCUT2D eigenvalue weighted by Gasteiger charge is -2.27. The van der Waals surface area contributed by atoms with Crippen molar-refractivity contribution in [3.05, 3.63) is 55.1 Å². The fourth-order valence-electron chi connectivity index (χ4n) is 4.01. The molecule has 3 heterocycles. The molecule has 160 valence electrons. The molecule has 0 aliphatic heterocycles. The largest absolute Gasteiger partial charge is 0.301 e. The Hall–Kier alpha value is -3.14. The maximum atomic E-state index is 13.4. The number of fused-ring (bicyclic) bond motifs is 1. The number of H-pyrrole nitrogens is 1. The van der Waals surface area contributed by atoms with Gasteiger partial charge in [-0.2, -0.15) is 5.10 Å². The molecule has 1 aliphatic carbocycles. The van der Waals surface area contributed by atoms with Gasteiger partial charge in [-0.1, -0.05) is 0 Å². The molecule has 0 radical (unpaired) electrons. The number of hydrogen-bond acceptors (Lipinski definition) is 5. The van der Waals surface area contributed by atoms with Gasteiger partial charge in [-0.15, -0.1) is 0 Å². The number of alkyl halides is 2. The van der Waals surface area contributed by atoms with Crippen LogP contribution in [0.4, 0.5) is 8.78 Å². The number of nitrogens with zero attached hydrogens (tertiary/aromatic N) is 4. The number of sulfone groups is 1. The predicted octanol–water partition coefficient (Wildman–Crippen LogP) is 4.16. The topological polar surface area (TPSA) is 93.5 Å². The molecule has 0 unspecified atom stereocenters. The van der Waals surface area contributed by atoms with Crippen molar-refractivity contribution in [3.8, 4) is 17.1 Å². The molecule has 0 bridgehead atoms. The maximum absolute atomic E-state index is 13.4. The van der Waals surface area contributed by atoms with Gasteiger partial charge < -0.3 is 4.57 Å². The number of hydrogen-bond donors (Lipinski definition) is 1. The summed E-state index contributed by atoms with van der Waals surface area (Å²) in [6, 6.07) is 11.0. The Labute approximate surface area is 177 Å². The van der Waals surface area contributed by atoms with Gasteiger partial charge in [0, 0.05) is 41.9 Å². The van der Waals surface area contributed by atoms with Gasteiger partial charge in [0.25, 0.3) is 0 Å². The zero-order valence-electron chi connectivity index (χ0n) is 16.4. The lowest BCUT2D eigenvalue weighted by molar-refractivity contribution is -0.0328. The Morgan fingerprint density at radius 3 is 2.48 bits per heavy atom. The number of halogens is 2. The van der Waals surface area contributed by atoms with Gasteiger partial charge in [-0.05, 0) is 49.2 Å². The van der Waals surface area contributed by atoms with E-state index in [2.05, 4.69) is 20.2 Å². The number of pyridine rings is 1. The van der Waals surface area contributed by atoms with Crippen LogP contribution in [0.1, 0.15) is 25.7 Å². The molecule has 0 spiro atoms. The SMILES string of the molecule is O=S(=O)(c1cnc2c(ccn2-c2ccc(-c3ncn[nH]3)cc2)c1)C1CCC(F)(F)CC1. The third kappa shape index (κ3) is 3.60. The van der Waals surface area contributed by atoms with Crippen LogP contribution in [0.15, 0.2) is 60.0 Å². The normalized spacial score (nSPS) is 17.2. The van der Waals surface area contributed by atoms with Crippen molar-refractivity contribution in [2.45, 2.75) is 41.8 Å². The Morgan fingerprint density at radius 1 is 1.06 bits per heavy atom. The van der Waals surface area contributed by atoms with Gasteiger partial charge in [-0.25, -0.2) is 27.2 Å². The number of aromatic nitrogens is 5. The Balaban J connectivity index is 1.44. The molecule has 5 rings (SSSR count). The molecule has 1 saturated carbocycles. The van der Waals surface area contributed by atoms with Crippen molar-refractivity contribution in [1.29, 1.82) is 0 Å². The highest BCUT2D eigenvalue weighted by atomic mass is 32.2. The van der Waals surface area contributed by atoms with E-state index in [0.717, 1.165) is 11.3 Å². The van der Waals surface area contributed by atoms with E-state index in [1.807, 2.05) is 35.0 Å². The van der Waals surface area contributed by atoms with Crippen LogP contribution in [-0.4, -0.2) is 44.3 Å². The van der Waals surface area contributed by atoms with E-state index in [0.29, 0.717) is 16.9 Å². The Kier molecular flexibility index (Phi) is 4.62. The van der Waals surface area contributed by atoms with Gasteiger partial charge in [0.2, 0.25) is 5.92 Å². The molecule has 0 saturated heterocycles. The summed E-state index contributed by atoms with van der Waals surface area (Å²) in [6.07, 6.45) is 3.72. The van der Waals surface area contributed by atoms with E-state index in [1.165, 1.54) is 12.5 Å². The average Bonchev–Trinajstić information content (AvgIpc) is 3.43. The first-order valence-electron chi connectivity index (χ1n) is 9.88. The van der Waals surface area contributed by atoms with Crippen LogP contribution in [0.25, 0.3) is 28.1 Å². The van der Waals surface area contributed by atoms with Gasteiger partial charge >= 0.3 is 0 Å². The first-order valence-corrected chi connectivity index (χ1v) is 11.4. The van der Waals surface area contributed by atoms with Crippen molar-refractivity contribution in [2.24, 2.45) is 0 Å². The van der Waals surface area contributed by atoms with Crippen molar-refractivity contribution in [3.63, 3.8) is 0 Å². The summed E-state index contributed by atoms with van der Waals surface area (Å²) in [6.45, 7) is 0. The third-order valence-corrected chi connectivity index (χ3v) is 8.00. The molecule has 0 amide bonds. The van der Waals surface area contributed by atoms with Gasteiger partial charge in [0.1, 0.15) is 12.0 Å². The minimum absolute atomic E-state index is 0.0358. The molecule has 1 aliphatic rings. The van der Waals surface area contributed by atoms with Crippen molar-refractivity contribution in [2.75, 3.05) is 0 Å². The fraction of sp³-hybridized carbons (Fsp3) is 0.286. The lowest BCUT2D eigenvalue weighted by atomic mass is 9.96. The van der Waals surface area contributed by atoms with E-state index < -0.39 is 33.9 Å². The Morgan fingerprint density at radius 2 is 1.81 bits per heavy atom. The zero-order valence-corrected chi connectivity index (χ0v) is 17.2. The summed E-state index contributed by atoms with van der Waals surface area (Å²) in [4.78, 5) is 8.59. The second kappa shape index (κ2) is 7.23. The van der Waals surface area contributed by atoms with E-state index in [4.69, 9.17) is 0 Å². The number of benzene rings is 1. The quantitative estimate of drug-likeness (QED) is 0.511. The van der Waals surface area contributed by atoms with Crippen molar-refractivity contribution >= 4 is 20.9 Å². The molecular formula is C21H19F2N5O2S. The fourth-order valence-corrected chi connectivity index (χ4v) is 5.74. The third-order valence-electron chi connectivity index (χ3n) is 5.77. The molecule has 0 atom stereocenters. The van der Waals surface area contributed by atoms with Gasteiger partial charge in [-0.3, -0.25) is 5.10 Å². The van der Waals surface area contributed by atoms with Crippen LogP contribution in [0.3, 0.4) is 0 Å². The van der Waals surface area contributed by atoms with Crippen molar-refractivity contribution in [1.82, 2.24) is 24.7 Å². The summed E-state index contributed by atoms with van der Waals surface area (Å²) in [5, 5.41) is 6.53. The summed E-state index contributed by atoms with van der Waals surface area (Å²) in [5.41, 5.74) is 2.36. The average molecular weight is 443 g/mol. The maximum Gasteiger partial charge on any atom is 0.248 e. The smallest absolute Gasteiger partial charge is 0.248 e. The van der Waals surface area contributed by atoms with Crippen LogP contribution < -0.4 is 0 Å². The molecule has 31 heavy (non-hydrogen) atoms. The molecular weight excluding hydrogens is 424 g/mol. The molecule has 3 aromatic heterocycles. The molecule has 1 aromatic carbocycles. The van der Waals surface area contributed by atoms with Crippen LogP contribution in [0.5, 0.6) is 0 Å². The van der Waals surface area contributed by atoms with E-state index >= 15 is 0 Å². The predicted molar refractivity (Wildman–Crippen MR) is 111 cm³/mol. The van der Waals surface area contributed by atoms with Crippen LogP contribution in [0, 0.1) is 0 Å². The summed E-state index contributed by atoms with van der Waals surface area (Å²) in [7, 11) is -3.71. The first kappa shape index (κ1) is 19.8. The van der Waals surface area contributed by atoms with Crippen LogP contribution in [0.2, 0.25) is 0 Å². The number of rotatable bonds is 4. The van der Waals surface area contributed by atoms with Gasteiger partial charge in [0.05, 0.1) is 10.1 Å². The molecule has 7 nitrogen and oxygen atoms in total. The second-order valence-corrected chi connectivity index (χ2v) is 9.98. The number of aromatic amines is 1. The van der Waals surface area contributed by atoms with Gasteiger partial charge in [0.15, 0.2) is 15.7 Å². The molecule has 10 heteroatoms. The molecule has 1 fully saturated rings.